The van der Waals surface area contributed by atoms with E-state index in [2.05, 4.69) is 28.6 Å². The van der Waals surface area contributed by atoms with Crippen molar-refractivity contribution in [3.05, 3.63) is 70.4 Å². The van der Waals surface area contributed by atoms with Crippen LogP contribution >= 0.6 is 0 Å². The van der Waals surface area contributed by atoms with Gasteiger partial charge in [-0.3, -0.25) is 9.78 Å². The third-order valence-corrected chi connectivity index (χ3v) is 5.48. The lowest BCUT2D eigenvalue weighted by atomic mass is 9.85. The van der Waals surface area contributed by atoms with Crippen LogP contribution in [0.2, 0.25) is 0 Å². The molecule has 4 rings (SSSR count). The summed E-state index contributed by atoms with van der Waals surface area (Å²) in [5, 5.41) is 5.12. The van der Waals surface area contributed by atoms with Crippen LogP contribution in [0.4, 0.5) is 5.69 Å². The van der Waals surface area contributed by atoms with Gasteiger partial charge < -0.3 is 9.88 Å². The summed E-state index contributed by atoms with van der Waals surface area (Å²) < 4.78 is 1.60. The van der Waals surface area contributed by atoms with Gasteiger partial charge in [-0.15, -0.1) is 0 Å². The fourth-order valence-electron chi connectivity index (χ4n) is 3.87. The topological polar surface area (TPSA) is 46.9 Å². The molecular weight excluding hydrogens is 322 g/mol. The zero-order valence-corrected chi connectivity index (χ0v) is 15.2. The number of nitrogens with zero attached hydrogens (tertiary/aromatic N) is 2. The minimum atomic E-state index is 0.0361. The Bertz CT molecular complexity index is 953. The summed E-state index contributed by atoms with van der Waals surface area (Å²) in [6.45, 7) is 0.682. The third kappa shape index (κ3) is 3.50. The lowest BCUT2D eigenvalue weighted by Crippen LogP contribution is -2.15. The van der Waals surface area contributed by atoms with Gasteiger partial charge in [-0.2, -0.15) is 0 Å². The van der Waals surface area contributed by atoms with Gasteiger partial charge in [0, 0.05) is 30.5 Å². The van der Waals surface area contributed by atoms with Gasteiger partial charge >= 0.3 is 0 Å². The SMILES string of the molecule is Cn1ccc2cc(NCc3ccc(C4CCCCC4)cn3)ccc2c1=O. The smallest absolute Gasteiger partial charge is 0.258 e. The van der Waals surface area contributed by atoms with Gasteiger partial charge in [0.15, 0.2) is 0 Å². The molecule has 0 amide bonds. The number of benzene rings is 1. The lowest BCUT2D eigenvalue weighted by Gasteiger charge is -2.21. The van der Waals surface area contributed by atoms with E-state index in [0.29, 0.717) is 12.5 Å². The van der Waals surface area contributed by atoms with E-state index in [-0.39, 0.29) is 5.56 Å². The first-order chi connectivity index (χ1) is 12.7. The number of aromatic nitrogens is 2. The van der Waals surface area contributed by atoms with Crippen LogP contribution in [0.15, 0.2) is 53.6 Å². The second-order valence-electron chi connectivity index (χ2n) is 7.31. The van der Waals surface area contributed by atoms with Crippen LogP contribution < -0.4 is 10.9 Å². The summed E-state index contributed by atoms with van der Waals surface area (Å²) in [4.78, 5) is 16.8. The average molecular weight is 347 g/mol. The molecule has 0 bridgehead atoms. The zero-order chi connectivity index (χ0) is 17.9. The van der Waals surface area contributed by atoms with Gasteiger partial charge in [0.25, 0.3) is 5.56 Å². The number of nitrogens with one attached hydrogen (secondary N) is 1. The number of pyridine rings is 2. The highest BCUT2D eigenvalue weighted by Gasteiger charge is 2.15. The maximum atomic E-state index is 12.1. The molecule has 0 aliphatic heterocycles. The van der Waals surface area contributed by atoms with Crippen LogP contribution in [0.1, 0.15) is 49.3 Å². The number of rotatable bonds is 4. The first kappa shape index (κ1) is 16.8. The van der Waals surface area contributed by atoms with Crippen LogP contribution in [-0.4, -0.2) is 9.55 Å². The third-order valence-electron chi connectivity index (χ3n) is 5.48. The lowest BCUT2D eigenvalue weighted by molar-refractivity contribution is 0.443. The van der Waals surface area contributed by atoms with Crippen LogP contribution in [-0.2, 0) is 13.6 Å². The number of hydrogen-bond acceptors (Lipinski definition) is 3. The van der Waals surface area contributed by atoms with E-state index in [9.17, 15) is 4.79 Å². The molecule has 4 heteroatoms. The molecule has 134 valence electrons. The van der Waals surface area contributed by atoms with Gasteiger partial charge in [0.2, 0.25) is 0 Å². The van der Waals surface area contributed by atoms with Crippen molar-refractivity contribution in [1.82, 2.24) is 9.55 Å². The summed E-state index contributed by atoms with van der Waals surface area (Å²) in [7, 11) is 1.77. The number of fused-ring (bicyclic) bond motifs is 1. The van der Waals surface area contributed by atoms with Crippen molar-refractivity contribution in [2.45, 2.75) is 44.6 Å². The molecule has 1 N–H and O–H groups in total. The van der Waals surface area contributed by atoms with E-state index in [1.165, 1.54) is 37.7 Å². The normalized spacial score (nSPS) is 15.3. The summed E-state index contributed by atoms with van der Waals surface area (Å²) in [6.07, 6.45) is 10.5. The minimum Gasteiger partial charge on any atom is -0.379 e. The Balaban J connectivity index is 1.44. The molecule has 0 radical (unpaired) electrons. The van der Waals surface area contributed by atoms with Crippen molar-refractivity contribution in [2.24, 2.45) is 7.05 Å². The molecule has 4 nitrogen and oxygen atoms in total. The number of hydrogen-bond donors (Lipinski definition) is 1. The first-order valence-corrected chi connectivity index (χ1v) is 9.49. The van der Waals surface area contributed by atoms with Crippen LogP contribution in [0.25, 0.3) is 10.8 Å². The van der Waals surface area contributed by atoms with Crippen LogP contribution in [0, 0.1) is 0 Å². The Morgan fingerprint density at radius 1 is 1.12 bits per heavy atom. The Hall–Kier alpha value is -2.62. The molecule has 1 fully saturated rings. The van der Waals surface area contributed by atoms with Crippen molar-refractivity contribution < 1.29 is 0 Å². The fourth-order valence-corrected chi connectivity index (χ4v) is 3.87. The molecule has 2 aromatic heterocycles. The standard InChI is InChI=1S/C22H25N3O/c1-25-12-11-17-13-19(9-10-21(17)22(25)26)24-15-20-8-7-18(14-23-20)16-5-3-2-4-6-16/h7-14,16,24H,2-6,15H2,1H3. The molecule has 0 spiro atoms. The van der Waals surface area contributed by atoms with Crippen LogP contribution in [0.5, 0.6) is 0 Å². The first-order valence-electron chi connectivity index (χ1n) is 9.49. The molecule has 1 aromatic carbocycles. The number of anilines is 1. The van der Waals surface area contributed by atoms with Gasteiger partial charge in [-0.1, -0.05) is 25.3 Å². The van der Waals surface area contributed by atoms with Gasteiger partial charge in [0.1, 0.15) is 0 Å². The summed E-state index contributed by atoms with van der Waals surface area (Å²) in [5.41, 5.74) is 3.46. The van der Waals surface area contributed by atoms with Crippen LogP contribution in [0.3, 0.4) is 0 Å². The molecule has 3 aromatic rings. The number of aryl methyl sites for hydroxylation is 1. The Morgan fingerprint density at radius 2 is 1.96 bits per heavy atom. The van der Waals surface area contributed by atoms with Gasteiger partial charge in [-0.25, -0.2) is 0 Å². The van der Waals surface area contributed by atoms with Crippen molar-refractivity contribution in [2.75, 3.05) is 5.32 Å². The summed E-state index contributed by atoms with van der Waals surface area (Å²) in [6, 6.07) is 12.2. The van der Waals surface area contributed by atoms with Crippen molar-refractivity contribution in [3.63, 3.8) is 0 Å². The molecule has 1 aliphatic rings. The molecule has 26 heavy (non-hydrogen) atoms. The van der Waals surface area contributed by atoms with Gasteiger partial charge in [-0.05, 0) is 60.0 Å². The highest BCUT2D eigenvalue weighted by molar-refractivity contribution is 5.84. The predicted octanol–water partition coefficient (Wildman–Crippen LogP) is 4.59. The predicted molar refractivity (Wildman–Crippen MR) is 107 cm³/mol. The van der Waals surface area contributed by atoms with E-state index < -0.39 is 0 Å². The Labute approximate surface area is 153 Å². The highest BCUT2D eigenvalue weighted by Crippen LogP contribution is 2.32. The molecule has 0 unspecified atom stereocenters. The Morgan fingerprint density at radius 3 is 2.73 bits per heavy atom. The second kappa shape index (κ2) is 7.32. The molecule has 0 atom stereocenters. The van der Waals surface area contributed by atoms with E-state index in [1.807, 2.05) is 24.3 Å². The Kier molecular flexibility index (Phi) is 4.74. The van der Waals surface area contributed by atoms with Crippen molar-refractivity contribution in [3.8, 4) is 0 Å². The second-order valence-corrected chi connectivity index (χ2v) is 7.31. The molecule has 2 heterocycles. The van der Waals surface area contributed by atoms with E-state index >= 15 is 0 Å². The molecular formula is C22H25N3O. The van der Waals surface area contributed by atoms with Gasteiger partial charge in [0.05, 0.1) is 12.2 Å². The van der Waals surface area contributed by atoms with Crippen molar-refractivity contribution >= 4 is 16.5 Å². The quantitative estimate of drug-likeness (QED) is 0.751. The highest BCUT2D eigenvalue weighted by atomic mass is 16.1. The molecule has 0 saturated heterocycles. The fraction of sp³-hybridized carbons (Fsp3) is 0.364. The summed E-state index contributed by atoms with van der Waals surface area (Å²) in [5.74, 6) is 0.696. The van der Waals surface area contributed by atoms with E-state index in [0.717, 1.165) is 22.2 Å². The van der Waals surface area contributed by atoms with E-state index in [1.54, 1.807) is 17.8 Å². The zero-order valence-electron chi connectivity index (χ0n) is 15.2. The largest absolute Gasteiger partial charge is 0.379 e. The average Bonchev–Trinajstić information content (AvgIpc) is 2.70. The minimum absolute atomic E-state index is 0.0361. The molecule has 1 aliphatic carbocycles. The monoisotopic (exact) mass is 347 g/mol. The molecule has 1 saturated carbocycles. The maximum Gasteiger partial charge on any atom is 0.258 e. The van der Waals surface area contributed by atoms with E-state index in [4.69, 9.17) is 0 Å². The maximum absolute atomic E-state index is 12.1. The van der Waals surface area contributed by atoms with Crippen molar-refractivity contribution in [1.29, 1.82) is 0 Å². The summed E-state index contributed by atoms with van der Waals surface area (Å²) >= 11 is 0.